The van der Waals surface area contributed by atoms with Crippen LogP contribution in [0.4, 0.5) is 0 Å². The van der Waals surface area contributed by atoms with E-state index in [1.807, 2.05) is 0 Å². The maximum absolute atomic E-state index is 12.2. The zero-order valence-corrected chi connectivity index (χ0v) is 14.3. The van der Waals surface area contributed by atoms with E-state index in [0.29, 0.717) is 18.8 Å². The minimum atomic E-state index is -0.703. The number of esters is 3. The molecular weight excluding hydrogens is 300 g/mol. The van der Waals surface area contributed by atoms with Gasteiger partial charge in [0.25, 0.3) is 0 Å². The van der Waals surface area contributed by atoms with E-state index in [1.54, 1.807) is 33.8 Å². The fourth-order valence-electron chi connectivity index (χ4n) is 3.07. The van der Waals surface area contributed by atoms with E-state index < -0.39 is 29.1 Å². The van der Waals surface area contributed by atoms with Crippen molar-refractivity contribution in [2.75, 3.05) is 13.7 Å². The van der Waals surface area contributed by atoms with E-state index in [1.165, 1.54) is 7.11 Å². The molecule has 0 N–H and O–H groups in total. The lowest BCUT2D eigenvalue weighted by Crippen LogP contribution is -2.47. The maximum atomic E-state index is 12.2. The van der Waals surface area contributed by atoms with Crippen molar-refractivity contribution >= 4 is 17.9 Å². The molecule has 0 amide bonds. The molecule has 6 heteroatoms. The van der Waals surface area contributed by atoms with Crippen LogP contribution in [0.15, 0.2) is 11.8 Å². The number of carbonyl (C=O) groups excluding carboxylic acids is 3. The van der Waals surface area contributed by atoms with Gasteiger partial charge in [0.15, 0.2) is 0 Å². The number of hydrogen-bond acceptors (Lipinski definition) is 6. The molecule has 1 saturated heterocycles. The maximum Gasteiger partial charge on any atom is 0.316 e. The third-order valence-corrected chi connectivity index (χ3v) is 4.48. The Hall–Kier alpha value is -1.85. The van der Waals surface area contributed by atoms with Gasteiger partial charge >= 0.3 is 17.9 Å². The molecule has 4 atom stereocenters. The lowest BCUT2D eigenvalue weighted by Gasteiger charge is -2.40. The summed E-state index contributed by atoms with van der Waals surface area (Å²) in [6.45, 7) is 7.37. The summed E-state index contributed by atoms with van der Waals surface area (Å²) in [5, 5.41) is 0. The number of hydrogen-bond donors (Lipinski definition) is 0. The summed E-state index contributed by atoms with van der Waals surface area (Å²) in [6, 6.07) is 0. The second kappa shape index (κ2) is 6.34. The topological polar surface area (TPSA) is 78.9 Å². The van der Waals surface area contributed by atoms with Gasteiger partial charge in [0.05, 0.1) is 31.0 Å². The fourth-order valence-corrected chi connectivity index (χ4v) is 3.07. The third kappa shape index (κ3) is 3.41. The highest BCUT2D eigenvalue weighted by atomic mass is 16.5. The first-order chi connectivity index (χ1) is 10.7. The van der Waals surface area contributed by atoms with Crippen molar-refractivity contribution in [3.63, 3.8) is 0 Å². The molecule has 0 saturated carbocycles. The van der Waals surface area contributed by atoms with Crippen LogP contribution in [0.3, 0.4) is 0 Å². The number of methoxy groups -OCH3 is 1. The van der Waals surface area contributed by atoms with Crippen LogP contribution in [0.1, 0.15) is 34.1 Å². The Morgan fingerprint density at radius 3 is 2.52 bits per heavy atom. The second-order valence-electron chi connectivity index (χ2n) is 7.19. The molecule has 0 aromatic heterocycles. The lowest BCUT2D eigenvalue weighted by molar-refractivity contribution is -0.170. The van der Waals surface area contributed by atoms with E-state index in [9.17, 15) is 14.4 Å². The monoisotopic (exact) mass is 324 g/mol. The van der Waals surface area contributed by atoms with Gasteiger partial charge in [0.1, 0.15) is 5.76 Å². The summed E-state index contributed by atoms with van der Waals surface area (Å²) in [7, 11) is 1.29. The minimum Gasteiger partial charge on any atom is -0.469 e. The molecule has 2 rings (SSSR count). The van der Waals surface area contributed by atoms with Crippen molar-refractivity contribution in [3.8, 4) is 0 Å². The highest BCUT2D eigenvalue weighted by Gasteiger charge is 2.50. The summed E-state index contributed by atoms with van der Waals surface area (Å²) < 4.78 is 15.5. The van der Waals surface area contributed by atoms with Crippen LogP contribution in [0.25, 0.3) is 0 Å². The lowest BCUT2D eigenvalue weighted by atomic mass is 9.68. The molecule has 23 heavy (non-hydrogen) atoms. The first kappa shape index (κ1) is 17.5. The number of allylic oxidation sites excluding steroid dienone is 2. The van der Waals surface area contributed by atoms with Crippen molar-refractivity contribution in [2.45, 2.75) is 34.1 Å². The van der Waals surface area contributed by atoms with Crippen molar-refractivity contribution < 1.29 is 28.6 Å². The highest BCUT2D eigenvalue weighted by Crippen LogP contribution is 2.43. The minimum absolute atomic E-state index is 0.181. The van der Waals surface area contributed by atoms with Crippen molar-refractivity contribution in [3.05, 3.63) is 11.8 Å². The molecule has 2 aliphatic rings. The Kier molecular flexibility index (Phi) is 4.82. The van der Waals surface area contributed by atoms with Crippen molar-refractivity contribution in [1.29, 1.82) is 0 Å². The molecular formula is C17H24O6. The smallest absolute Gasteiger partial charge is 0.316 e. The van der Waals surface area contributed by atoms with Gasteiger partial charge < -0.3 is 14.2 Å². The Balaban J connectivity index is 2.35. The molecule has 6 nitrogen and oxygen atoms in total. The number of fused-ring (bicyclic) bond motifs is 1. The van der Waals surface area contributed by atoms with E-state index in [4.69, 9.17) is 14.2 Å². The first-order valence-electron chi connectivity index (χ1n) is 7.85. The number of cyclic esters (lactones) is 1. The molecule has 0 bridgehead atoms. The molecule has 0 radical (unpaired) electrons. The highest BCUT2D eigenvalue weighted by molar-refractivity contribution is 5.84. The predicted octanol–water partition coefficient (Wildman–Crippen LogP) is 2.08. The summed E-state index contributed by atoms with van der Waals surface area (Å²) in [6.07, 6.45) is 2.41. The van der Waals surface area contributed by atoms with Gasteiger partial charge in [0.2, 0.25) is 0 Å². The Labute approximate surface area is 136 Å². The van der Waals surface area contributed by atoms with Gasteiger partial charge in [-0.05, 0) is 39.2 Å². The Morgan fingerprint density at radius 2 is 1.96 bits per heavy atom. The van der Waals surface area contributed by atoms with Crippen LogP contribution in [-0.4, -0.2) is 31.6 Å². The van der Waals surface area contributed by atoms with Crippen LogP contribution in [0, 0.1) is 29.1 Å². The van der Waals surface area contributed by atoms with E-state index in [0.717, 1.165) is 0 Å². The van der Waals surface area contributed by atoms with Gasteiger partial charge in [0, 0.05) is 5.92 Å². The summed E-state index contributed by atoms with van der Waals surface area (Å²) >= 11 is 0. The summed E-state index contributed by atoms with van der Waals surface area (Å²) in [5.74, 6) is -2.69. The van der Waals surface area contributed by atoms with Gasteiger partial charge in [-0.2, -0.15) is 0 Å². The summed E-state index contributed by atoms with van der Waals surface area (Å²) in [5.41, 5.74) is -0.649. The van der Waals surface area contributed by atoms with Gasteiger partial charge in [-0.3, -0.25) is 14.4 Å². The summed E-state index contributed by atoms with van der Waals surface area (Å²) in [4.78, 5) is 36.5. The van der Waals surface area contributed by atoms with E-state index in [-0.39, 0.29) is 17.9 Å². The zero-order valence-electron chi connectivity index (χ0n) is 14.3. The molecule has 128 valence electrons. The second-order valence-corrected chi connectivity index (χ2v) is 7.19. The number of carbonyl (C=O) groups is 3. The van der Waals surface area contributed by atoms with Crippen LogP contribution in [0.2, 0.25) is 0 Å². The number of rotatable bonds is 2. The molecule has 0 aromatic rings. The van der Waals surface area contributed by atoms with Crippen molar-refractivity contribution in [2.24, 2.45) is 29.1 Å². The average molecular weight is 324 g/mol. The van der Waals surface area contributed by atoms with Gasteiger partial charge in [-0.15, -0.1) is 0 Å². The Bertz CT molecular complexity index is 542. The first-order valence-corrected chi connectivity index (χ1v) is 7.85. The third-order valence-electron chi connectivity index (χ3n) is 4.48. The van der Waals surface area contributed by atoms with Crippen LogP contribution >= 0.6 is 0 Å². The molecule has 1 aliphatic carbocycles. The van der Waals surface area contributed by atoms with Crippen molar-refractivity contribution in [1.82, 2.24) is 0 Å². The quantitative estimate of drug-likeness (QED) is 0.571. The van der Waals surface area contributed by atoms with E-state index in [2.05, 4.69) is 0 Å². The van der Waals surface area contributed by atoms with Crippen LogP contribution in [-0.2, 0) is 28.6 Å². The standard InChI is InChI=1S/C17H24O6/c1-9-11(23-16(20)17(2,3)4)8-10-6-7-22-15(19)13(10)12(9)14(18)21-5/h8-10,12-13H,6-7H2,1-5H3/t9-,10+,12+,13+/m1/s1. The largest absolute Gasteiger partial charge is 0.469 e. The normalized spacial score (nSPS) is 30.7. The number of ether oxygens (including phenoxy) is 3. The zero-order chi connectivity index (χ0) is 17.4. The van der Waals surface area contributed by atoms with E-state index >= 15 is 0 Å². The molecule has 0 aromatic carbocycles. The molecule has 1 aliphatic heterocycles. The van der Waals surface area contributed by atoms with Gasteiger partial charge in [-0.25, -0.2) is 0 Å². The average Bonchev–Trinajstić information content (AvgIpc) is 2.47. The molecule has 0 spiro atoms. The SMILES string of the molecule is COC(=O)[C@@H]1[C@H]2C(=O)OCC[C@H]2C=C(OC(=O)C(C)(C)C)[C@H]1C. The fraction of sp³-hybridized carbons (Fsp3) is 0.706. The molecule has 1 fully saturated rings. The van der Waals surface area contributed by atoms with Crippen LogP contribution in [0.5, 0.6) is 0 Å². The van der Waals surface area contributed by atoms with Crippen LogP contribution < -0.4 is 0 Å². The predicted molar refractivity (Wildman–Crippen MR) is 80.9 cm³/mol. The Morgan fingerprint density at radius 1 is 1.30 bits per heavy atom. The molecule has 0 unspecified atom stereocenters. The molecule has 1 heterocycles. The van der Waals surface area contributed by atoms with Gasteiger partial charge in [-0.1, -0.05) is 6.92 Å².